The first-order valence-corrected chi connectivity index (χ1v) is 6.51. The molecule has 2 aromatic carbocycles. The lowest BCUT2D eigenvalue weighted by molar-refractivity contribution is -0.122. The highest BCUT2D eigenvalue weighted by Crippen LogP contribution is 2.15. The van der Waals surface area contributed by atoms with Crippen LogP contribution in [0.15, 0.2) is 48.5 Å². The van der Waals surface area contributed by atoms with Gasteiger partial charge in [-0.05, 0) is 48.9 Å². The Hall–Kier alpha value is -2.40. The van der Waals surface area contributed by atoms with Crippen molar-refractivity contribution in [2.45, 2.75) is 19.6 Å². The number of hydrogen-bond donors (Lipinski definition) is 2. The summed E-state index contributed by atoms with van der Waals surface area (Å²) in [6, 6.07) is 12.4. The van der Waals surface area contributed by atoms with E-state index in [4.69, 9.17) is 9.84 Å². The zero-order valence-electron chi connectivity index (χ0n) is 11.5. The van der Waals surface area contributed by atoms with Gasteiger partial charge in [-0.25, -0.2) is 4.39 Å². The van der Waals surface area contributed by atoms with Crippen molar-refractivity contribution in [2.24, 2.45) is 0 Å². The van der Waals surface area contributed by atoms with E-state index in [1.807, 2.05) is 0 Å². The normalized spacial score (nSPS) is 11.8. The van der Waals surface area contributed by atoms with Crippen molar-refractivity contribution in [1.82, 2.24) is 0 Å². The van der Waals surface area contributed by atoms with Crippen LogP contribution in [0.2, 0.25) is 0 Å². The summed E-state index contributed by atoms with van der Waals surface area (Å²) in [6.45, 7) is 1.51. The molecular weight excluding hydrogens is 273 g/mol. The van der Waals surface area contributed by atoms with Crippen LogP contribution < -0.4 is 10.1 Å². The molecule has 21 heavy (non-hydrogen) atoms. The minimum absolute atomic E-state index is 0.0919. The van der Waals surface area contributed by atoms with E-state index in [1.54, 1.807) is 31.2 Å². The van der Waals surface area contributed by atoms with Crippen LogP contribution in [0.4, 0.5) is 10.1 Å². The smallest absolute Gasteiger partial charge is 0.265 e. The van der Waals surface area contributed by atoms with Crippen molar-refractivity contribution in [3.63, 3.8) is 0 Å². The third-order valence-corrected chi connectivity index (χ3v) is 2.87. The van der Waals surface area contributed by atoms with Gasteiger partial charge in [-0.1, -0.05) is 12.1 Å². The van der Waals surface area contributed by atoms with Crippen molar-refractivity contribution in [3.05, 3.63) is 59.9 Å². The third-order valence-electron chi connectivity index (χ3n) is 2.87. The quantitative estimate of drug-likeness (QED) is 0.889. The Bertz CT molecular complexity index is 613. The van der Waals surface area contributed by atoms with E-state index in [9.17, 15) is 9.18 Å². The van der Waals surface area contributed by atoms with E-state index in [1.165, 1.54) is 24.3 Å². The average Bonchev–Trinajstić information content (AvgIpc) is 2.49. The highest BCUT2D eigenvalue weighted by atomic mass is 19.1. The molecule has 0 bridgehead atoms. The molecule has 0 aliphatic carbocycles. The first kappa shape index (κ1) is 15.0. The summed E-state index contributed by atoms with van der Waals surface area (Å²) in [4.78, 5) is 12.0. The first-order valence-electron chi connectivity index (χ1n) is 6.51. The van der Waals surface area contributed by atoms with Crippen molar-refractivity contribution >= 4 is 11.6 Å². The number of benzene rings is 2. The number of carbonyl (C=O) groups excluding carboxylic acids is 1. The van der Waals surface area contributed by atoms with Crippen LogP contribution in [0.5, 0.6) is 5.75 Å². The molecule has 1 atom stereocenters. The Labute approximate surface area is 122 Å². The second-order valence-electron chi connectivity index (χ2n) is 4.56. The Morgan fingerprint density at radius 1 is 1.29 bits per heavy atom. The van der Waals surface area contributed by atoms with Gasteiger partial charge < -0.3 is 15.2 Å². The topological polar surface area (TPSA) is 58.6 Å². The van der Waals surface area contributed by atoms with Crippen molar-refractivity contribution in [2.75, 3.05) is 5.32 Å². The van der Waals surface area contributed by atoms with Crippen LogP contribution in [-0.4, -0.2) is 17.1 Å². The molecule has 0 aliphatic rings. The van der Waals surface area contributed by atoms with Gasteiger partial charge in [0, 0.05) is 5.69 Å². The summed E-state index contributed by atoms with van der Waals surface area (Å²) in [5.74, 6) is -0.266. The van der Waals surface area contributed by atoms with Gasteiger partial charge in [0.05, 0.1) is 6.61 Å². The van der Waals surface area contributed by atoms with Crippen molar-refractivity contribution < 1.29 is 19.0 Å². The second kappa shape index (κ2) is 6.85. The number of halogens is 1. The number of anilines is 1. The van der Waals surface area contributed by atoms with Crippen LogP contribution >= 0.6 is 0 Å². The molecule has 4 nitrogen and oxygen atoms in total. The number of carbonyl (C=O) groups is 1. The fraction of sp³-hybridized carbons (Fsp3) is 0.188. The number of rotatable bonds is 5. The average molecular weight is 289 g/mol. The molecule has 2 aromatic rings. The van der Waals surface area contributed by atoms with Crippen molar-refractivity contribution in [1.29, 1.82) is 0 Å². The number of nitrogens with one attached hydrogen (secondary N) is 1. The molecule has 1 amide bonds. The third kappa shape index (κ3) is 4.29. The van der Waals surface area contributed by atoms with Crippen LogP contribution in [-0.2, 0) is 11.4 Å². The van der Waals surface area contributed by atoms with Crippen LogP contribution in [0.25, 0.3) is 0 Å². The van der Waals surface area contributed by atoms with Crippen LogP contribution in [0.1, 0.15) is 12.5 Å². The standard InChI is InChI=1S/C16H16FNO3/c1-11(21-15-7-5-13(17)6-8-15)16(20)18-14-4-2-3-12(9-14)10-19/h2-9,11,19H,10H2,1H3,(H,18,20). The lowest BCUT2D eigenvalue weighted by Crippen LogP contribution is -2.30. The Morgan fingerprint density at radius 3 is 2.67 bits per heavy atom. The van der Waals surface area contributed by atoms with Crippen LogP contribution in [0, 0.1) is 5.82 Å². The zero-order valence-corrected chi connectivity index (χ0v) is 11.5. The minimum atomic E-state index is -0.728. The predicted octanol–water partition coefficient (Wildman–Crippen LogP) is 2.72. The van der Waals surface area contributed by atoms with Gasteiger partial charge >= 0.3 is 0 Å². The summed E-state index contributed by atoms with van der Waals surface area (Å²) >= 11 is 0. The number of amides is 1. The lowest BCUT2D eigenvalue weighted by Gasteiger charge is -2.15. The van der Waals surface area contributed by atoms with Gasteiger partial charge in [0.25, 0.3) is 5.91 Å². The van der Waals surface area contributed by atoms with E-state index in [0.29, 0.717) is 17.0 Å². The second-order valence-corrected chi connectivity index (χ2v) is 4.56. The summed E-state index contributed by atoms with van der Waals surface area (Å²) in [5, 5.41) is 11.8. The van der Waals surface area contributed by atoms with E-state index < -0.39 is 6.10 Å². The van der Waals surface area contributed by atoms with Gasteiger partial charge in [0.15, 0.2) is 6.10 Å². The van der Waals surface area contributed by atoms with Gasteiger partial charge in [-0.15, -0.1) is 0 Å². The van der Waals surface area contributed by atoms with Crippen molar-refractivity contribution in [3.8, 4) is 5.75 Å². The fourth-order valence-corrected chi connectivity index (χ4v) is 1.76. The van der Waals surface area contributed by atoms with Gasteiger partial charge in [-0.3, -0.25) is 4.79 Å². The van der Waals surface area contributed by atoms with E-state index >= 15 is 0 Å². The van der Waals surface area contributed by atoms with Gasteiger partial charge in [0.1, 0.15) is 11.6 Å². The maximum atomic E-state index is 12.8. The van der Waals surface area contributed by atoms with Crippen LogP contribution in [0.3, 0.4) is 0 Å². The lowest BCUT2D eigenvalue weighted by atomic mass is 10.2. The molecule has 1 unspecified atom stereocenters. The van der Waals surface area contributed by atoms with E-state index in [0.717, 1.165) is 0 Å². The molecule has 0 aromatic heterocycles. The molecule has 0 aliphatic heterocycles. The Kier molecular flexibility index (Phi) is 4.90. The maximum absolute atomic E-state index is 12.8. The zero-order chi connectivity index (χ0) is 15.2. The SMILES string of the molecule is CC(Oc1ccc(F)cc1)C(=O)Nc1cccc(CO)c1. The molecule has 0 radical (unpaired) electrons. The number of aliphatic hydroxyl groups excluding tert-OH is 1. The molecular formula is C16H16FNO3. The first-order chi connectivity index (χ1) is 10.1. The molecule has 0 spiro atoms. The molecule has 0 fully saturated rings. The predicted molar refractivity (Wildman–Crippen MR) is 77.5 cm³/mol. The minimum Gasteiger partial charge on any atom is -0.481 e. The molecule has 0 saturated heterocycles. The monoisotopic (exact) mass is 289 g/mol. The maximum Gasteiger partial charge on any atom is 0.265 e. The Morgan fingerprint density at radius 2 is 2.00 bits per heavy atom. The molecule has 5 heteroatoms. The van der Waals surface area contributed by atoms with E-state index in [-0.39, 0.29) is 18.3 Å². The largest absolute Gasteiger partial charge is 0.481 e. The molecule has 2 rings (SSSR count). The van der Waals surface area contributed by atoms with E-state index in [2.05, 4.69) is 5.32 Å². The Balaban J connectivity index is 1.97. The molecule has 0 saturated carbocycles. The number of ether oxygens (including phenoxy) is 1. The summed E-state index contributed by atoms with van der Waals surface area (Å²) in [5.41, 5.74) is 1.29. The number of hydrogen-bond acceptors (Lipinski definition) is 3. The summed E-state index contributed by atoms with van der Waals surface area (Å²) in [6.07, 6.45) is -0.728. The molecule has 0 heterocycles. The van der Waals surface area contributed by atoms with Gasteiger partial charge in [-0.2, -0.15) is 0 Å². The number of aliphatic hydroxyl groups is 1. The van der Waals surface area contributed by atoms with Gasteiger partial charge in [0.2, 0.25) is 0 Å². The fourth-order valence-electron chi connectivity index (χ4n) is 1.76. The highest BCUT2D eigenvalue weighted by Gasteiger charge is 2.15. The molecule has 110 valence electrons. The summed E-state index contributed by atoms with van der Waals surface area (Å²) in [7, 11) is 0. The highest BCUT2D eigenvalue weighted by molar-refractivity contribution is 5.94. The summed E-state index contributed by atoms with van der Waals surface area (Å²) < 4.78 is 18.2. The molecule has 2 N–H and O–H groups in total.